The topological polar surface area (TPSA) is 40.5 Å². The fraction of sp³-hybridized carbons (Fsp3) is 0.154. The first kappa shape index (κ1) is 14.6. The van der Waals surface area contributed by atoms with Gasteiger partial charge in [0.2, 0.25) is 0 Å². The summed E-state index contributed by atoms with van der Waals surface area (Å²) in [5.74, 6) is 0. The Hall–Kier alpha value is -1.38. The third-order valence-corrected chi connectivity index (χ3v) is 1.94. The van der Waals surface area contributed by atoms with Crippen LogP contribution in [0.25, 0.3) is 0 Å². The minimum atomic E-state index is 0. The SMILES string of the molecule is Cc1ccccn1.[Cl-].[NH3+]Cc1ccccc1. The van der Waals surface area contributed by atoms with Crippen molar-refractivity contribution < 1.29 is 18.1 Å². The lowest BCUT2D eigenvalue weighted by Gasteiger charge is -1.87. The predicted molar refractivity (Wildman–Crippen MR) is 62.0 cm³/mol. The molecule has 86 valence electrons. The second-order valence-corrected chi connectivity index (χ2v) is 3.21. The van der Waals surface area contributed by atoms with Crippen molar-refractivity contribution in [1.29, 1.82) is 0 Å². The Kier molecular flexibility index (Phi) is 8.12. The maximum Gasteiger partial charge on any atom is 0.0997 e. The van der Waals surface area contributed by atoms with Crippen LogP contribution in [0, 0.1) is 6.92 Å². The molecule has 2 nitrogen and oxygen atoms in total. The maximum atomic E-state index is 3.98. The standard InChI is InChI=1S/C7H9N.C6H7N.ClH/c8-6-7-4-2-1-3-5-7;1-6-4-2-3-5-7-6;/h1-5H,6,8H2;2-5H,1H3;1H. The quantitative estimate of drug-likeness (QED) is 0.666. The summed E-state index contributed by atoms with van der Waals surface area (Å²) in [5.41, 5.74) is 6.13. The molecule has 1 aromatic heterocycles. The van der Waals surface area contributed by atoms with Gasteiger partial charge in [-0.1, -0.05) is 36.4 Å². The van der Waals surface area contributed by atoms with E-state index in [0.29, 0.717) is 0 Å². The van der Waals surface area contributed by atoms with E-state index in [-0.39, 0.29) is 12.4 Å². The molecule has 0 aliphatic rings. The van der Waals surface area contributed by atoms with Crippen molar-refractivity contribution in [3.8, 4) is 0 Å². The van der Waals surface area contributed by atoms with Gasteiger partial charge in [-0.15, -0.1) is 0 Å². The Morgan fingerprint density at radius 3 is 1.94 bits per heavy atom. The number of halogens is 1. The molecule has 1 aromatic carbocycles. The minimum Gasteiger partial charge on any atom is -1.00 e. The number of aromatic nitrogens is 1. The molecule has 0 radical (unpaired) electrons. The molecular formula is C13H17ClN2. The Morgan fingerprint density at radius 2 is 1.62 bits per heavy atom. The Bertz CT molecular complexity index is 362. The van der Waals surface area contributed by atoms with Crippen LogP contribution in [0.1, 0.15) is 11.3 Å². The van der Waals surface area contributed by atoms with E-state index >= 15 is 0 Å². The number of nitrogens with zero attached hydrogens (tertiary/aromatic N) is 1. The van der Waals surface area contributed by atoms with E-state index in [1.165, 1.54) is 5.56 Å². The van der Waals surface area contributed by atoms with Gasteiger partial charge < -0.3 is 18.1 Å². The monoisotopic (exact) mass is 236 g/mol. The molecule has 0 amide bonds. The van der Waals surface area contributed by atoms with Crippen molar-refractivity contribution in [1.82, 2.24) is 4.98 Å². The van der Waals surface area contributed by atoms with Crippen molar-refractivity contribution in [2.75, 3.05) is 0 Å². The predicted octanol–water partition coefficient (Wildman–Crippen LogP) is -1.18. The lowest BCUT2D eigenvalue weighted by atomic mass is 10.2. The first-order valence-electron chi connectivity index (χ1n) is 5.03. The fourth-order valence-corrected chi connectivity index (χ4v) is 1.09. The first-order valence-corrected chi connectivity index (χ1v) is 5.03. The second kappa shape index (κ2) is 8.89. The van der Waals surface area contributed by atoms with Crippen molar-refractivity contribution in [3.63, 3.8) is 0 Å². The minimum absolute atomic E-state index is 0. The van der Waals surface area contributed by atoms with E-state index in [1.54, 1.807) is 6.20 Å². The van der Waals surface area contributed by atoms with E-state index < -0.39 is 0 Å². The third-order valence-electron chi connectivity index (χ3n) is 1.94. The highest BCUT2D eigenvalue weighted by atomic mass is 35.5. The number of aryl methyl sites for hydroxylation is 1. The molecule has 0 spiro atoms. The molecule has 1 heterocycles. The van der Waals surface area contributed by atoms with Crippen LogP contribution in [0.4, 0.5) is 0 Å². The number of pyridine rings is 1. The summed E-state index contributed by atoms with van der Waals surface area (Å²) in [7, 11) is 0. The summed E-state index contributed by atoms with van der Waals surface area (Å²) in [5, 5.41) is 0. The maximum absolute atomic E-state index is 3.98. The van der Waals surface area contributed by atoms with Gasteiger partial charge in [-0.05, 0) is 19.1 Å². The zero-order chi connectivity index (χ0) is 10.9. The molecule has 2 rings (SSSR count). The average molecular weight is 237 g/mol. The third kappa shape index (κ3) is 6.17. The molecule has 3 N–H and O–H groups in total. The number of hydrogen-bond acceptors (Lipinski definition) is 1. The van der Waals surface area contributed by atoms with Crippen LogP contribution >= 0.6 is 0 Å². The highest BCUT2D eigenvalue weighted by Crippen LogP contribution is 1.93. The first-order chi connectivity index (χ1) is 7.33. The number of benzene rings is 1. The molecule has 0 bridgehead atoms. The van der Waals surface area contributed by atoms with Crippen LogP contribution in [0.2, 0.25) is 0 Å². The largest absolute Gasteiger partial charge is 1.00 e. The molecule has 0 saturated heterocycles. The van der Waals surface area contributed by atoms with Crippen molar-refractivity contribution in [2.24, 2.45) is 0 Å². The Morgan fingerprint density at radius 1 is 1.00 bits per heavy atom. The molecule has 0 aliphatic heterocycles. The summed E-state index contributed by atoms with van der Waals surface area (Å²) in [6, 6.07) is 16.1. The summed E-state index contributed by atoms with van der Waals surface area (Å²) in [6.45, 7) is 2.86. The molecule has 2 aromatic rings. The van der Waals surface area contributed by atoms with Gasteiger partial charge in [-0.3, -0.25) is 4.98 Å². The lowest BCUT2D eigenvalue weighted by Crippen LogP contribution is -3.00. The van der Waals surface area contributed by atoms with Crippen molar-refractivity contribution in [3.05, 3.63) is 66.0 Å². The van der Waals surface area contributed by atoms with Crippen molar-refractivity contribution >= 4 is 0 Å². The van der Waals surface area contributed by atoms with Crippen LogP contribution in [-0.4, -0.2) is 4.98 Å². The van der Waals surface area contributed by atoms with Gasteiger partial charge in [0.25, 0.3) is 0 Å². The van der Waals surface area contributed by atoms with Gasteiger partial charge in [-0.25, -0.2) is 0 Å². The average Bonchev–Trinajstić information content (AvgIpc) is 2.32. The van der Waals surface area contributed by atoms with Gasteiger partial charge in [0.05, 0.1) is 6.54 Å². The van der Waals surface area contributed by atoms with E-state index in [0.717, 1.165) is 12.2 Å². The van der Waals surface area contributed by atoms with E-state index in [4.69, 9.17) is 0 Å². The van der Waals surface area contributed by atoms with Crippen LogP contribution in [-0.2, 0) is 6.54 Å². The van der Waals surface area contributed by atoms with E-state index in [9.17, 15) is 0 Å². The molecule has 0 fully saturated rings. The summed E-state index contributed by atoms with van der Waals surface area (Å²) in [4.78, 5) is 3.98. The molecule has 0 unspecified atom stereocenters. The van der Waals surface area contributed by atoms with Crippen LogP contribution < -0.4 is 18.1 Å². The Labute approximate surface area is 103 Å². The van der Waals surface area contributed by atoms with Gasteiger partial charge in [0.15, 0.2) is 0 Å². The summed E-state index contributed by atoms with van der Waals surface area (Å²) in [6.07, 6.45) is 1.79. The van der Waals surface area contributed by atoms with Gasteiger partial charge in [0.1, 0.15) is 0 Å². The van der Waals surface area contributed by atoms with Crippen LogP contribution in [0.3, 0.4) is 0 Å². The van der Waals surface area contributed by atoms with Crippen LogP contribution in [0.5, 0.6) is 0 Å². The highest BCUT2D eigenvalue weighted by Gasteiger charge is 1.82. The second-order valence-electron chi connectivity index (χ2n) is 3.21. The lowest BCUT2D eigenvalue weighted by molar-refractivity contribution is -0.386. The van der Waals surface area contributed by atoms with Gasteiger partial charge in [0, 0.05) is 17.5 Å². The molecule has 16 heavy (non-hydrogen) atoms. The van der Waals surface area contributed by atoms with E-state index in [1.807, 2.05) is 43.3 Å². The van der Waals surface area contributed by atoms with E-state index in [2.05, 4.69) is 22.9 Å². The number of quaternary nitrogens is 1. The zero-order valence-electron chi connectivity index (χ0n) is 9.44. The number of rotatable bonds is 1. The fourth-order valence-electron chi connectivity index (χ4n) is 1.09. The van der Waals surface area contributed by atoms with Crippen LogP contribution in [0.15, 0.2) is 54.7 Å². The Balaban J connectivity index is 0.000000267. The highest BCUT2D eigenvalue weighted by molar-refractivity contribution is 5.12. The normalized spacial score (nSPS) is 8.38. The van der Waals surface area contributed by atoms with Gasteiger partial charge in [-0.2, -0.15) is 0 Å². The molecule has 0 atom stereocenters. The molecule has 0 saturated carbocycles. The molecule has 0 aliphatic carbocycles. The summed E-state index contributed by atoms with van der Waals surface area (Å²) >= 11 is 0. The molecule has 3 heteroatoms. The summed E-state index contributed by atoms with van der Waals surface area (Å²) < 4.78 is 0. The molecular weight excluding hydrogens is 220 g/mol. The zero-order valence-corrected chi connectivity index (χ0v) is 10.2. The van der Waals surface area contributed by atoms with Crippen molar-refractivity contribution in [2.45, 2.75) is 13.5 Å². The smallest absolute Gasteiger partial charge is 0.0997 e. The van der Waals surface area contributed by atoms with Gasteiger partial charge >= 0.3 is 0 Å². The number of hydrogen-bond donors (Lipinski definition) is 1.